The number of halogens is 2. The van der Waals surface area contributed by atoms with E-state index >= 15 is 0 Å². The van der Waals surface area contributed by atoms with Crippen molar-refractivity contribution in [3.05, 3.63) is 28.4 Å². The first-order valence-electron chi connectivity index (χ1n) is 6.79. The Labute approximate surface area is 128 Å². The van der Waals surface area contributed by atoms with Gasteiger partial charge in [0.05, 0.1) is 20.9 Å². The van der Waals surface area contributed by atoms with E-state index in [1.54, 1.807) is 12.3 Å². The molecule has 0 aliphatic heterocycles. The maximum Gasteiger partial charge on any atom is 0.311 e. The summed E-state index contributed by atoms with van der Waals surface area (Å²) in [5.41, 5.74) is 0.799. The van der Waals surface area contributed by atoms with Gasteiger partial charge in [-0.3, -0.25) is 4.79 Å². The molecular weight excluding hydrogens is 297 g/mol. The molecule has 20 heavy (non-hydrogen) atoms. The number of unbranched alkanes of at least 4 members (excludes halogenated alkanes) is 3. The van der Waals surface area contributed by atoms with E-state index in [4.69, 9.17) is 27.9 Å². The van der Waals surface area contributed by atoms with E-state index in [0.29, 0.717) is 27.6 Å². The highest BCUT2D eigenvalue weighted by atomic mass is 35.5. The Morgan fingerprint density at radius 1 is 1.25 bits per heavy atom. The Bertz CT molecular complexity index is 607. The van der Waals surface area contributed by atoms with Crippen LogP contribution in [-0.2, 0) is 4.79 Å². The minimum absolute atomic E-state index is 0.238. The Balaban J connectivity index is 2.06. The first-order valence-corrected chi connectivity index (χ1v) is 7.54. The number of aromatic amines is 1. The van der Waals surface area contributed by atoms with Gasteiger partial charge in [0.25, 0.3) is 0 Å². The van der Waals surface area contributed by atoms with Crippen LogP contribution < -0.4 is 4.74 Å². The van der Waals surface area contributed by atoms with Gasteiger partial charge in [-0.05, 0) is 18.6 Å². The highest BCUT2D eigenvalue weighted by molar-refractivity contribution is 6.45. The van der Waals surface area contributed by atoms with E-state index in [0.717, 1.165) is 31.2 Å². The molecule has 0 saturated heterocycles. The SMILES string of the molecule is CCCCCCC(=O)Oc1c[nH]c2ccc(Cl)c(Cl)c12. The summed E-state index contributed by atoms with van der Waals surface area (Å²) in [4.78, 5) is 14.8. The van der Waals surface area contributed by atoms with Gasteiger partial charge >= 0.3 is 5.97 Å². The lowest BCUT2D eigenvalue weighted by Gasteiger charge is -2.04. The van der Waals surface area contributed by atoms with Gasteiger partial charge in [0.2, 0.25) is 0 Å². The number of fused-ring (bicyclic) bond motifs is 1. The number of H-pyrrole nitrogens is 1. The largest absolute Gasteiger partial charge is 0.424 e. The molecule has 0 unspecified atom stereocenters. The van der Waals surface area contributed by atoms with Crippen LogP contribution in [0, 0.1) is 0 Å². The fourth-order valence-corrected chi connectivity index (χ4v) is 2.49. The minimum atomic E-state index is -0.238. The zero-order valence-corrected chi connectivity index (χ0v) is 12.9. The summed E-state index contributed by atoms with van der Waals surface area (Å²) in [7, 11) is 0. The highest BCUT2D eigenvalue weighted by Gasteiger charge is 2.14. The second kappa shape index (κ2) is 7.00. The Morgan fingerprint density at radius 2 is 2.05 bits per heavy atom. The maximum atomic E-state index is 11.8. The van der Waals surface area contributed by atoms with Crippen molar-refractivity contribution in [1.82, 2.24) is 4.98 Å². The van der Waals surface area contributed by atoms with Gasteiger partial charge in [0.15, 0.2) is 5.75 Å². The number of esters is 1. The lowest BCUT2D eigenvalue weighted by molar-refractivity contribution is -0.134. The number of aromatic nitrogens is 1. The molecule has 1 N–H and O–H groups in total. The van der Waals surface area contributed by atoms with Gasteiger partial charge in [0.1, 0.15) is 0 Å². The van der Waals surface area contributed by atoms with Gasteiger partial charge in [-0.25, -0.2) is 0 Å². The maximum absolute atomic E-state index is 11.8. The molecule has 0 spiro atoms. The lowest BCUT2D eigenvalue weighted by atomic mass is 10.1. The molecule has 0 aliphatic carbocycles. The van der Waals surface area contributed by atoms with Crippen LogP contribution in [0.5, 0.6) is 5.75 Å². The normalized spacial score (nSPS) is 10.9. The van der Waals surface area contributed by atoms with Gasteiger partial charge in [-0.1, -0.05) is 49.4 Å². The van der Waals surface area contributed by atoms with Crippen LogP contribution in [-0.4, -0.2) is 11.0 Å². The Hall–Kier alpha value is -1.19. The number of rotatable bonds is 6. The number of hydrogen-bond acceptors (Lipinski definition) is 2. The summed E-state index contributed by atoms with van der Waals surface area (Å²) >= 11 is 12.1. The van der Waals surface area contributed by atoms with Crippen molar-refractivity contribution in [2.45, 2.75) is 39.0 Å². The third-order valence-corrected chi connectivity index (χ3v) is 3.96. The predicted molar refractivity (Wildman–Crippen MR) is 82.7 cm³/mol. The molecule has 0 radical (unpaired) electrons. The number of carbonyl (C=O) groups excluding carboxylic acids is 1. The van der Waals surface area contributed by atoms with E-state index in [1.807, 2.05) is 6.07 Å². The fraction of sp³-hybridized carbons (Fsp3) is 0.400. The zero-order chi connectivity index (χ0) is 14.5. The molecule has 108 valence electrons. The van der Waals surface area contributed by atoms with Crippen LogP contribution in [0.2, 0.25) is 10.0 Å². The third-order valence-electron chi connectivity index (χ3n) is 3.16. The van der Waals surface area contributed by atoms with Crippen LogP contribution in [0.25, 0.3) is 10.9 Å². The molecule has 0 amide bonds. The van der Waals surface area contributed by atoms with Gasteiger partial charge in [0, 0.05) is 12.6 Å². The van der Waals surface area contributed by atoms with Crippen LogP contribution in [0.3, 0.4) is 0 Å². The number of benzene rings is 1. The number of hydrogen-bond donors (Lipinski definition) is 1. The molecule has 0 atom stereocenters. The van der Waals surface area contributed by atoms with E-state index in [9.17, 15) is 4.79 Å². The molecule has 2 rings (SSSR count). The first-order chi connectivity index (χ1) is 9.63. The molecule has 1 aromatic heterocycles. The first kappa shape index (κ1) is 15.2. The molecule has 0 aliphatic rings. The number of ether oxygens (including phenoxy) is 1. The molecule has 0 fully saturated rings. The monoisotopic (exact) mass is 313 g/mol. The standard InChI is InChI=1S/C15H17Cl2NO2/c1-2-3-4-5-6-13(19)20-12-9-18-11-8-7-10(16)15(17)14(11)12/h7-9,18H,2-6H2,1H3. The molecule has 0 bridgehead atoms. The molecule has 3 nitrogen and oxygen atoms in total. The minimum Gasteiger partial charge on any atom is -0.424 e. The summed E-state index contributed by atoms with van der Waals surface area (Å²) in [6.07, 6.45) is 6.24. The van der Waals surface area contributed by atoms with Crippen LogP contribution in [0.1, 0.15) is 39.0 Å². The van der Waals surface area contributed by atoms with E-state index in [-0.39, 0.29) is 5.97 Å². The van der Waals surface area contributed by atoms with Gasteiger partial charge in [-0.2, -0.15) is 0 Å². The summed E-state index contributed by atoms with van der Waals surface area (Å²) in [6.45, 7) is 2.13. The van der Waals surface area contributed by atoms with Crippen LogP contribution >= 0.6 is 23.2 Å². The van der Waals surface area contributed by atoms with E-state index in [1.165, 1.54) is 0 Å². The van der Waals surface area contributed by atoms with Crippen molar-refractivity contribution in [3.8, 4) is 5.75 Å². The van der Waals surface area contributed by atoms with Crippen molar-refractivity contribution < 1.29 is 9.53 Å². The Kier molecular flexibility index (Phi) is 5.32. The topological polar surface area (TPSA) is 42.1 Å². The molecule has 0 saturated carbocycles. The second-order valence-electron chi connectivity index (χ2n) is 4.72. The molecule has 1 heterocycles. The Morgan fingerprint density at radius 3 is 2.80 bits per heavy atom. The van der Waals surface area contributed by atoms with Crippen molar-refractivity contribution in [2.24, 2.45) is 0 Å². The summed E-state index contributed by atoms with van der Waals surface area (Å²) in [5, 5.41) is 1.50. The second-order valence-corrected chi connectivity index (χ2v) is 5.51. The zero-order valence-electron chi connectivity index (χ0n) is 11.3. The molecule has 1 aromatic carbocycles. The average Bonchev–Trinajstić information content (AvgIpc) is 2.83. The van der Waals surface area contributed by atoms with Crippen LogP contribution in [0.15, 0.2) is 18.3 Å². The van der Waals surface area contributed by atoms with Gasteiger partial charge < -0.3 is 9.72 Å². The average molecular weight is 314 g/mol. The fourth-order valence-electron chi connectivity index (χ4n) is 2.08. The smallest absolute Gasteiger partial charge is 0.311 e. The number of carbonyl (C=O) groups is 1. The lowest BCUT2D eigenvalue weighted by Crippen LogP contribution is -2.07. The van der Waals surface area contributed by atoms with Crippen molar-refractivity contribution in [3.63, 3.8) is 0 Å². The summed E-state index contributed by atoms with van der Waals surface area (Å²) in [5.74, 6) is 0.200. The van der Waals surface area contributed by atoms with Gasteiger partial charge in [-0.15, -0.1) is 0 Å². The number of nitrogens with one attached hydrogen (secondary N) is 1. The summed E-state index contributed by atoms with van der Waals surface area (Å²) in [6, 6.07) is 3.52. The summed E-state index contributed by atoms with van der Waals surface area (Å²) < 4.78 is 5.37. The van der Waals surface area contributed by atoms with E-state index in [2.05, 4.69) is 11.9 Å². The van der Waals surface area contributed by atoms with Crippen molar-refractivity contribution in [1.29, 1.82) is 0 Å². The predicted octanol–water partition coefficient (Wildman–Crippen LogP) is 5.35. The molecule has 5 heteroatoms. The van der Waals surface area contributed by atoms with Crippen molar-refractivity contribution in [2.75, 3.05) is 0 Å². The van der Waals surface area contributed by atoms with E-state index < -0.39 is 0 Å². The molecule has 2 aromatic rings. The highest BCUT2D eigenvalue weighted by Crippen LogP contribution is 2.36. The van der Waals surface area contributed by atoms with Crippen LogP contribution in [0.4, 0.5) is 0 Å². The quantitative estimate of drug-likeness (QED) is 0.577. The molecular formula is C15H17Cl2NO2. The van der Waals surface area contributed by atoms with Crippen molar-refractivity contribution >= 4 is 40.1 Å². The third kappa shape index (κ3) is 3.47.